The van der Waals surface area contributed by atoms with E-state index in [2.05, 4.69) is 144 Å². The SMILES string of the molecule is C1=C(c2ccccc2)CCC(n2c3ccc4ccccc4c3c3c4c5ccccc5ccc4c4ccccc4c32)=C1. The molecule has 0 amide bonds. The maximum atomic E-state index is 2.58. The second-order valence-corrected chi connectivity index (χ2v) is 11.2. The van der Waals surface area contributed by atoms with Gasteiger partial charge in [-0.1, -0.05) is 127 Å². The van der Waals surface area contributed by atoms with Crippen LogP contribution >= 0.6 is 0 Å². The highest BCUT2D eigenvalue weighted by Gasteiger charge is 2.23. The van der Waals surface area contributed by atoms with Crippen molar-refractivity contribution >= 4 is 76.2 Å². The van der Waals surface area contributed by atoms with Crippen LogP contribution in [0.1, 0.15) is 18.4 Å². The zero-order valence-electron chi connectivity index (χ0n) is 22.6. The predicted molar refractivity (Wildman–Crippen MR) is 177 cm³/mol. The molecule has 1 aliphatic rings. The Kier molecular flexibility index (Phi) is 4.80. The molecular weight excluding hydrogens is 494 g/mol. The first-order valence-electron chi connectivity index (χ1n) is 14.5. The van der Waals surface area contributed by atoms with Crippen molar-refractivity contribution in [1.82, 2.24) is 4.57 Å². The molecular formula is C40H27N. The van der Waals surface area contributed by atoms with Gasteiger partial charge in [0.15, 0.2) is 0 Å². The summed E-state index contributed by atoms with van der Waals surface area (Å²) >= 11 is 0. The maximum Gasteiger partial charge on any atom is 0.0623 e. The number of fused-ring (bicyclic) bond motifs is 12. The van der Waals surface area contributed by atoms with Gasteiger partial charge in [-0.25, -0.2) is 0 Å². The van der Waals surface area contributed by atoms with E-state index in [1.807, 2.05) is 0 Å². The van der Waals surface area contributed by atoms with Gasteiger partial charge in [0.25, 0.3) is 0 Å². The molecule has 0 unspecified atom stereocenters. The Bertz CT molecular complexity index is 2400. The van der Waals surface area contributed by atoms with Gasteiger partial charge in [-0.2, -0.15) is 0 Å². The second kappa shape index (κ2) is 8.68. The lowest BCUT2D eigenvalue weighted by Crippen LogP contribution is -2.01. The molecule has 0 atom stereocenters. The van der Waals surface area contributed by atoms with E-state index < -0.39 is 0 Å². The number of hydrogen-bond acceptors (Lipinski definition) is 0. The summed E-state index contributed by atoms with van der Waals surface area (Å²) < 4.78 is 2.58. The van der Waals surface area contributed by atoms with Gasteiger partial charge in [0.1, 0.15) is 0 Å². The topological polar surface area (TPSA) is 4.93 Å². The molecule has 1 heterocycles. The first-order valence-corrected chi connectivity index (χ1v) is 14.5. The summed E-state index contributed by atoms with van der Waals surface area (Å²) in [6.45, 7) is 0. The molecule has 1 heteroatoms. The summed E-state index contributed by atoms with van der Waals surface area (Å²) in [5.41, 5.74) is 6.68. The molecule has 8 aromatic rings. The molecule has 0 fully saturated rings. The van der Waals surface area contributed by atoms with Crippen molar-refractivity contribution in [2.24, 2.45) is 0 Å². The van der Waals surface area contributed by atoms with Gasteiger partial charge in [0.2, 0.25) is 0 Å². The smallest absolute Gasteiger partial charge is 0.0623 e. The molecule has 0 bridgehead atoms. The monoisotopic (exact) mass is 521 g/mol. The maximum absolute atomic E-state index is 2.58. The number of rotatable bonds is 2. The van der Waals surface area contributed by atoms with Crippen LogP contribution in [0.5, 0.6) is 0 Å². The van der Waals surface area contributed by atoms with Crippen molar-refractivity contribution < 1.29 is 0 Å². The average Bonchev–Trinajstić information content (AvgIpc) is 3.41. The van der Waals surface area contributed by atoms with Crippen LogP contribution in [0.15, 0.2) is 140 Å². The Labute approximate surface area is 238 Å². The first kappa shape index (κ1) is 22.7. The third kappa shape index (κ3) is 3.24. The molecule has 7 aromatic carbocycles. The molecule has 0 N–H and O–H groups in total. The van der Waals surface area contributed by atoms with Gasteiger partial charge in [0, 0.05) is 27.2 Å². The van der Waals surface area contributed by atoms with Crippen molar-refractivity contribution in [2.75, 3.05) is 0 Å². The van der Waals surface area contributed by atoms with E-state index in [1.165, 1.54) is 81.7 Å². The van der Waals surface area contributed by atoms with Gasteiger partial charge in [-0.15, -0.1) is 0 Å². The summed E-state index contributed by atoms with van der Waals surface area (Å²) in [6, 6.07) is 46.8. The largest absolute Gasteiger partial charge is 0.312 e. The van der Waals surface area contributed by atoms with E-state index in [4.69, 9.17) is 0 Å². The Morgan fingerprint density at radius 1 is 0.415 bits per heavy atom. The lowest BCUT2D eigenvalue weighted by atomic mass is 9.92. The van der Waals surface area contributed by atoms with Gasteiger partial charge in [-0.3, -0.25) is 0 Å². The van der Waals surface area contributed by atoms with Crippen LogP contribution < -0.4 is 0 Å². The molecule has 0 spiro atoms. The Morgan fingerprint density at radius 2 is 1.05 bits per heavy atom. The Hall–Kier alpha value is -5.14. The third-order valence-electron chi connectivity index (χ3n) is 9.07. The Balaban J connectivity index is 1.52. The Morgan fingerprint density at radius 3 is 1.78 bits per heavy atom. The van der Waals surface area contributed by atoms with E-state index in [-0.39, 0.29) is 0 Å². The number of allylic oxidation sites excluding steroid dienone is 4. The van der Waals surface area contributed by atoms with E-state index in [1.54, 1.807) is 0 Å². The molecule has 0 saturated heterocycles. The lowest BCUT2D eigenvalue weighted by Gasteiger charge is -2.19. The standard InChI is InChI=1S/C40H27N/c1-2-10-26(11-3-1)27-18-22-30(23-19-27)41-36-25-21-29-13-5-7-15-32(29)38(36)39-37-31-14-6-4-12-28(31)20-24-34(37)33-16-8-9-17-35(33)40(39)41/h1-18,20-22,24-25H,19,23H2. The van der Waals surface area contributed by atoms with E-state index in [9.17, 15) is 0 Å². The lowest BCUT2D eigenvalue weighted by molar-refractivity contribution is 0.994. The van der Waals surface area contributed by atoms with Crippen LogP contribution in [0.2, 0.25) is 0 Å². The van der Waals surface area contributed by atoms with Gasteiger partial charge in [0.05, 0.1) is 11.0 Å². The van der Waals surface area contributed by atoms with Crippen molar-refractivity contribution in [3.63, 3.8) is 0 Å². The average molecular weight is 522 g/mol. The van der Waals surface area contributed by atoms with Crippen molar-refractivity contribution in [1.29, 1.82) is 0 Å². The highest BCUT2D eigenvalue weighted by molar-refractivity contribution is 6.39. The molecule has 0 aliphatic heterocycles. The van der Waals surface area contributed by atoms with Gasteiger partial charge in [-0.05, 0) is 68.4 Å². The second-order valence-electron chi connectivity index (χ2n) is 11.2. The number of hydrogen-bond donors (Lipinski definition) is 0. The molecule has 9 rings (SSSR count). The number of benzene rings is 7. The minimum absolute atomic E-state index is 0.994. The minimum atomic E-state index is 0.994. The zero-order valence-corrected chi connectivity index (χ0v) is 22.6. The number of nitrogens with zero attached hydrogens (tertiary/aromatic N) is 1. The number of aromatic nitrogens is 1. The minimum Gasteiger partial charge on any atom is -0.312 e. The van der Waals surface area contributed by atoms with Crippen LogP contribution in [-0.2, 0) is 0 Å². The normalized spacial score (nSPS) is 14.0. The molecule has 1 aromatic heterocycles. The van der Waals surface area contributed by atoms with E-state index in [0.717, 1.165) is 12.8 Å². The molecule has 0 radical (unpaired) electrons. The van der Waals surface area contributed by atoms with Crippen LogP contribution in [0.4, 0.5) is 0 Å². The van der Waals surface area contributed by atoms with Crippen LogP contribution in [0.3, 0.4) is 0 Å². The third-order valence-corrected chi connectivity index (χ3v) is 9.07. The van der Waals surface area contributed by atoms with Crippen molar-refractivity contribution in [2.45, 2.75) is 12.8 Å². The fraction of sp³-hybridized carbons (Fsp3) is 0.0500. The van der Waals surface area contributed by atoms with Crippen LogP contribution in [-0.4, -0.2) is 4.57 Å². The fourth-order valence-corrected chi connectivity index (χ4v) is 7.25. The molecule has 1 aliphatic carbocycles. The van der Waals surface area contributed by atoms with Crippen molar-refractivity contribution in [3.05, 3.63) is 145 Å². The van der Waals surface area contributed by atoms with Crippen molar-refractivity contribution in [3.8, 4) is 0 Å². The predicted octanol–water partition coefficient (Wildman–Crippen LogP) is 11.1. The highest BCUT2D eigenvalue weighted by atomic mass is 15.0. The van der Waals surface area contributed by atoms with E-state index in [0.29, 0.717) is 0 Å². The molecule has 1 nitrogen and oxygen atoms in total. The molecule has 192 valence electrons. The fourth-order valence-electron chi connectivity index (χ4n) is 7.25. The summed E-state index contributed by atoms with van der Waals surface area (Å²) in [7, 11) is 0. The van der Waals surface area contributed by atoms with Gasteiger partial charge < -0.3 is 4.57 Å². The van der Waals surface area contributed by atoms with Gasteiger partial charge >= 0.3 is 0 Å². The summed E-state index contributed by atoms with van der Waals surface area (Å²) in [4.78, 5) is 0. The highest BCUT2D eigenvalue weighted by Crippen LogP contribution is 2.47. The molecule has 41 heavy (non-hydrogen) atoms. The summed E-state index contributed by atoms with van der Waals surface area (Å²) in [6.07, 6.45) is 6.72. The summed E-state index contributed by atoms with van der Waals surface area (Å²) in [5, 5.41) is 13.2. The first-order chi connectivity index (χ1) is 20.4. The van der Waals surface area contributed by atoms with E-state index >= 15 is 0 Å². The zero-order chi connectivity index (χ0) is 26.9. The quantitative estimate of drug-likeness (QED) is 0.199. The van der Waals surface area contributed by atoms with Crippen LogP contribution in [0.25, 0.3) is 76.2 Å². The van der Waals surface area contributed by atoms with Crippen LogP contribution in [0, 0.1) is 0 Å². The molecule has 0 saturated carbocycles. The summed E-state index contributed by atoms with van der Waals surface area (Å²) in [5.74, 6) is 0.